The number of fused-ring (bicyclic) bond motifs is 1. The molecule has 31 heavy (non-hydrogen) atoms. The Labute approximate surface area is 183 Å². The third-order valence-corrected chi connectivity index (χ3v) is 6.14. The van der Waals surface area contributed by atoms with Crippen LogP contribution in [0.1, 0.15) is 48.8 Å². The first-order valence-electron chi connectivity index (χ1n) is 11.0. The van der Waals surface area contributed by atoms with Gasteiger partial charge in [-0.1, -0.05) is 67.8 Å². The van der Waals surface area contributed by atoms with Gasteiger partial charge in [-0.05, 0) is 30.9 Å². The van der Waals surface area contributed by atoms with Gasteiger partial charge in [-0.2, -0.15) is 0 Å². The predicted octanol–water partition coefficient (Wildman–Crippen LogP) is 4.59. The fraction of sp³-hybridized carbons (Fsp3) is 0.400. The van der Waals surface area contributed by atoms with E-state index in [-0.39, 0.29) is 12.5 Å². The zero-order chi connectivity index (χ0) is 21.8. The fourth-order valence-electron chi connectivity index (χ4n) is 4.54. The largest absolute Gasteiger partial charge is 0.445 e. The van der Waals surface area contributed by atoms with Crippen LogP contribution < -0.4 is 10.2 Å². The number of benzodiazepines with no additional fused rings is 1. The molecule has 1 heterocycles. The molecule has 6 nitrogen and oxygen atoms in total. The topological polar surface area (TPSA) is 71.0 Å². The summed E-state index contributed by atoms with van der Waals surface area (Å²) in [6, 6.07) is 15.5. The Hall–Kier alpha value is -3.15. The number of anilines is 1. The van der Waals surface area contributed by atoms with E-state index < -0.39 is 12.3 Å². The average Bonchev–Trinajstić information content (AvgIpc) is 2.90. The zero-order valence-electron chi connectivity index (χ0n) is 18.1. The summed E-state index contributed by atoms with van der Waals surface area (Å²) < 4.78 is 5.35. The highest BCUT2D eigenvalue weighted by Crippen LogP contribution is 2.35. The van der Waals surface area contributed by atoms with Crippen molar-refractivity contribution >= 4 is 23.4 Å². The lowest BCUT2D eigenvalue weighted by atomic mass is 9.82. The van der Waals surface area contributed by atoms with Gasteiger partial charge in [0.05, 0.1) is 11.4 Å². The van der Waals surface area contributed by atoms with Crippen molar-refractivity contribution in [3.63, 3.8) is 0 Å². The monoisotopic (exact) mass is 419 g/mol. The first-order chi connectivity index (χ1) is 15.0. The molecule has 2 aliphatic rings. The number of nitrogens with zero attached hydrogens (tertiary/aromatic N) is 2. The normalized spacial score (nSPS) is 19.3. The Kier molecular flexibility index (Phi) is 6.35. The molecule has 1 saturated carbocycles. The standard InChI is InChI=1S/C25H29N3O3/c1-17-10-9-15-20-21(19-13-7-4-8-14-19)26-23(24(29)28(2)22(17)20)27-25(30)31-16-18-11-5-3-6-12-18/h3,5-6,9-12,15,19,23H,4,7-8,13-14,16H2,1-2H3,(H,27,30)/t23-/m1/s1. The summed E-state index contributed by atoms with van der Waals surface area (Å²) >= 11 is 0. The van der Waals surface area contributed by atoms with E-state index in [2.05, 4.69) is 5.32 Å². The molecule has 162 valence electrons. The van der Waals surface area contributed by atoms with Gasteiger partial charge in [0.15, 0.2) is 0 Å². The van der Waals surface area contributed by atoms with E-state index >= 15 is 0 Å². The molecule has 0 saturated heterocycles. The average molecular weight is 420 g/mol. The van der Waals surface area contributed by atoms with Crippen LogP contribution in [-0.4, -0.2) is 30.9 Å². The summed E-state index contributed by atoms with van der Waals surface area (Å²) in [5.41, 5.74) is 4.69. The van der Waals surface area contributed by atoms with Gasteiger partial charge in [-0.3, -0.25) is 15.1 Å². The third-order valence-electron chi connectivity index (χ3n) is 6.14. The van der Waals surface area contributed by atoms with Crippen molar-refractivity contribution in [3.05, 3.63) is 65.2 Å². The second-order valence-corrected chi connectivity index (χ2v) is 8.33. The van der Waals surface area contributed by atoms with Gasteiger partial charge in [0.2, 0.25) is 6.17 Å². The molecule has 1 aliphatic heterocycles. The van der Waals surface area contributed by atoms with Crippen molar-refractivity contribution in [2.75, 3.05) is 11.9 Å². The number of ether oxygens (including phenoxy) is 1. The minimum atomic E-state index is -1.00. The number of aryl methyl sites for hydroxylation is 1. The van der Waals surface area contributed by atoms with Crippen LogP contribution in [0.25, 0.3) is 0 Å². The van der Waals surface area contributed by atoms with Crippen LogP contribution in [0.2, 0.25) is 0 Å². The first kappa shape index (κ1) is 21.1. The number of likely N-dealkylation sites (N-methyl/N-ethyl adjacent to an activating group) is 1. The summed E-state index contributed by atoms with van der Waals surface area (Å²) in [7, 11) is 1.75. The maximum absolute atomic E-state index is 13.2. The maximum Gasteiger partial charge on any atom is 0.409 e. The molecule has 1 atom stereocenters. The molecule has 2 amide bonds. The van der Waals surface area contributed by atoms with E-state index in [1.807, 2.05) is 55.5 Å². The third kappa shape index (κ3) is 4.63. The van der Waals surface area contributed by atoms with Gasteiger partial charge in [-0.25, -0.2) is 4.79 Å². The molecular weight excluding hydrogens is 390 g/mol. The summed E-state index contributed by atoms with van der Waals surface area (Å²) in [4.78, 5) is 32.2. The number of carbonyl (C=O) groups is 2. The van der Waals surface area contributed by atoms with Gasteiger partial charge in [0.25, 0.3) is 5.91 Å². The Morgan fingerprint density at radius 3 is 2.58 bits per heavy atom. The van der Waals surface area contributed by atoms with Crippen molar-refractivity contribution in [2.45, 2.75) is 51.8 Å². The summed E-state index contributed by atoms with van der Waals surface area (Å²) in [6.45, 7) is 2.14. The number of para-hydroxylation sites is 1. The molecule has 0 aromatic heterocycles. The summed E-state index contributed by atoms with van der Waals surface area (Å²) in [5, 5.41) is 2.69. The van der Waals surface area contributed by atoms with Crippen molar-refractivity contribution in [2.24, 2.45) is 10.9 Å². The van der Waals surface area contributed by atoms with Crippen LogP contribution in [0.15, 0.2) is 53.5 Å². The Morgan fingerprint density at radius 2 is 1.84 bits per heavy atom. The second kappa shape index (κ2) is 9.33. The van der Waals surface area contributed by atoms with E-state index in [0.717, 1.165) is 53.8 Å². The SMILES string of the molecule is Cc1cccc2c1N(C)C(=O)[C@@H](NC(=O)OCc1ccccc1)N=C2C1CCCCC1. The molecular formula is C25H29N3O3. The molecule has 6 heteroatoms. The molecule has 0 radical (unpaired) electrons. The van der Waals surface area contributed by atoms with Gasteiger partial charge < -0.3 is 9.64 Å². The number of hydrogen-bond donors (Lipinski definition) is 1. The number of alkyl carbamates (subject to hydrolysis) is 1. The number of carbonyl (C=O) groups excluding carboxylic acids is 2. The number of hydrogen-bond acceptors (Lipinski definition) is 4. The summed E-state index contributed by atoms with van der Waals surface area (Å²) in [5.74, 6) is 0.0243. The Bertz CT molecular complexity index is 981. The van der Waals surface area contributed by atoms with Crippen molar-refractivity contribution in [3.8, 4) is 0 Å². The van der Waals surface area contributed by atoms with Crippen molar-refractivity contribution in [1.29, 1.82) is 0 Å². The fourth-order valence-corrected chi connectivity index (χ4v) is 4.54. The van der Waals surface area contributed by atoms with Crippen LogP contribution in [0.3, 0.4) is 0 Å². The van der Waals surface area contributed by atoms with Gasteiger partial charge in [0.1, 0.15) is 6.61 Å². The molecule has 2 aromatic carbocycles. The molecule has 0 bridgehead atoms. The Balaban J connectivity index is 1.60. The summed E-state index contributed by atoms with van der Waals surface area (Å²) in [6.07, 6.45) is 4.00. The molecule has 0 unspecified atom stereocenters. The number of benzene rings is 2. The number of rotatable bonds is 4. The molecule has 1 fully saturated rings. The van der Waals surface area contributed by atoms with E-state index in [0.29, 0.717) is 5.92 Å². The van der Waals surface area contributed by atoms with Crippen LogP contribution in [0.4, 0.5) is 10.5 Å². The quantitative estimate of drug-likeness (QED) is 0.788. The number of aliphatic imine (C=N–C) groups is 1. The van der Waals surface area contributed by atoms with Crippen molar-refractivity contribution in [1.82, 2.24) is 5.32 Å². The minimum Gasteiger partial charge on any atom is -0.445 e. The van der Waals surface area contributed by atoms with E-state index in [1.54, 1.807) is 11.9 Å². The molecule has 1 aliphatic carbocycles. The van der Waals surface area contributed by atoms with E-state index in [4.69, 9.17) is 9.73 Å². The van der Waals surface area contributed by atoms with E-state index in [9.17, 15) is 9.59 Å². The highest BCUT2D eigenvalue weighted by atomic mass is 16.5. The second-order valence-electron chi connectivity index (χ2n) is 8.33. The van der Waals surface area contributed by atoms with Crippen LogP contribution in [0, 0.1) is 12.8 Å². The zero-order valence-corrected chi connectivity index (χ0v) is 18.1. The van der Waals surface area contributed by atoms with Gasteiger partial charge >= 0.3 is 6.09 Å². The lowest BCUT2D eigenvalue weighted by Gasteiger charge is -2.25. The Morgan fingerprint density at radius 1 is 1.10 bits per heavy atom. The van der Waals surface area contributed by atoms with E-state index in [1.165, 1.54) is 6.42 Å². The molecule has 4 rings (SSSR count). The smallest absolute Gasteiger partial charge is 0.409 e. The van der Waals surface area contributed by atoms with Crippen LogP contribution in [-0.2, 0) is 16.1 Å². The maximum atomic E-state index is 13.2. The molecule has 1 N–H and O–H groups in total. The lowest BCUT2D eigenvalue weighted by Crippen LogP contribution is -2.46. The number of amides is 2. The minimum absolute atomic E-state index is 0.141. The highest BCUT2D eigenvalue weighted by molar-refractivity contribution is 6.14. The van der Waals surface area contributed by atoms with Crippen LogP contribution in [0.5, 0.6) is 0 Å². The molecule has 0 spiro atoms. The highest BCUT2D eigenvalue weighted by Gasteiger charge is 2.34. The van der Waals surface area contributed by atoms with Crippen LogP contribution >= 0.6 is 0 Å². The lowest BCUT2D eigenvalue weighted by molar-refractivity contribution is -0.120. The van der Waals surface area contributed by atoms with Gasteiger partial charge in [-0.15, -0.1) is 0 Å². The molecule has 2 aromatic rings. The predicted molar refractivity (Wildman–Crippen MR) is 121 cm³/mol. The first-order valence-corrected chi connectivity index (χ1v) is 11.0. The van der Waals surface area contributed by atoms with Crippen molar-refractivity contribution < 1.29 is 14.3 Å². The van der Waals surface area contributed by atoms with Gasteiger partial charge in [0, 0.05) is 18.5 Å². The number of nitrogens with one attached hydrogen (secondary N) is 1.